The first-order valence-corrected chi connectivity index (χ1v) is 7.01. The molecule has 1 aromatic carbocycles. The van der Waals surface area contributed by atoms with E-state index in [1.54, 1.807) is 0 Å². The number of hydrogen-bond donors (Lipinski definition) is 1. The predicted molar refractivity (Wildman–Crippen MR) is 79.1 cm³/mol. The van der Waals surface area contributed by atoms with Crippen LogP contribution in [0.15, 0.2) is 24.4 Å². The van der Waals surface area contributed by atoms with E-state index in [2.05, 4.69) is 36.0 Å². The van der Waals surface area contributed by atoms with Gasteiger partial charge in [0, 0.05) is 23.6 Å². The second kappa shape index (κ2) is 6.40. The SMILES string of the molecule is CCCN(CC)CCc1c[nH]c2ccc(C#N)cc12. The van der Waals surface area contributed by atoms with Crippen LogP contribution < -0.4 is 0 Å². The molecular formula is C16H21N3. The molecule has 19 heavy (non-hydrogen) atoms. The number of nitrogens with one attached hydrogen (secondary N) is 1. The van der Waals surface area contributed by atoms with Crippen molar-refractivity contribution in [3.8, 4) is 6.07 Å². The molecule has 0 saturated carbocycles. The summed E-state index contributed by atoms with van der Waals surface area (Å²) in [4.78, 5) is 5.75. The number of aromatic amines is 1. The van der Waals surface area contributed by atoms with Crippen molar-refractivity contribution in [1.82, 2.24) is 9.88 Å². The van der Waals surface area contributed by atoms with E-state index >= 15 is 0 Å². The summed E-state index contributed by atoms with van der Waals surface area (Å²) >= 11 is 0. The minimum atomic E-state index is 0.731. The average Bonchev–Trinajstić information content (AvgIpc) is 2.85. The largest absolute Gasteiger partial charge is 0.361 e. The quantitative estimate of drug-likeness (QED) is 0.860. The van der Waals surface area contributed by atoms with Crippen LogP contribution in [0.3, 0.4) is 0 Å². The number of hydrogen-bond acceptors (Lipinski definition) is 2. The normalized spacial score (nSPS) is 11.1. The number of fused-ring (bicyclic) bond motifs is 1. The van der Waals surface area contributed by atoms with Crippen LogP contribution >= 0.6 is 0 Å². The van der Waals surface area contributed by atoms with Crippen LogP contribution in [0.25, 0.3) is 10.9 Å². The number of H-pyrrole nitrogens is 1. The van der Waals surface area contributed by atoms with E-state index in [0.29, 0.717) is 0 Å². The number of nitriles is 1. The Labute approximate surface area is 114 Å². The van der Waals surface area contributed by atoms with Crippen molar-refractivity contribution in [3.63, 3.8) is 0 Å². The molecule has 0 unspecified atom stereocenters. The minimum absolute atomic E-state index is 0.731. The molecule has 0 aliphatic carbocycles. The third-order valence-corrected chi connectivity index (χ3v) is 3.58. The molecule has 0 radical (unpaired) electrons. The lowest BCUT2D eigenvalue weighted by Crippen LogP contribution is -2.26. The van der Waals surface area contributed by atoms with E-state index < -0.39 is 0 Å². The highest BCUT2D eigenvalue weighted by Gasteiger charge is 2.07. The summed E-state index contributed by atoms with van der Waals surface area (Å²) in [7, 11) is 0. The van der Waals surface area contributed by atoms with E-state index in [1.165, 1.54) is 17.4 Å². The van der Waals surface area contributed by atoms with Crippen molar-refractivity contribution in [2.24, 2.45) is 0 Å². The number of rotatable bonds is 6. The van der Waals surface area contributed by atoms with Crippen molar-refractivity contribution >= 4 is 10.9 Å². The zero-order valence-corrected chi connectivity index (χ0v) is 11.7. The maximum absolute atomic E-state index is 8.98. The Morgan fingerprint density at radius 2 is 2.11 bits per heavy atom. The highest BCUT2D eigenvalue weighted by atomic mass is 15.1. The molecule has 3 nitrogen and oxygen atoms in total. The van der Waals surface area contributed by atoms with E-state index in [-0.39, 0.29) is 0 Å². The lowest BCUT2D eigenvalue weighted by Gasteiger charge is -2.18. The number of benzene rings is 1. The maximum atomic E-state index is 8.98. The van der Waals surface area contributed by atoms with Gasteiger partial charge in [-0.15, -0.1) is 0 Å². The van der Waals surface area contributed by atoms with Crippen molar-refractivity contribution in [2.75, 3.05) is 19.6 Å². The second-order valence-corrected chi connectivity index (χ2v) is 4.87. The Hall–Kier alpha value is -1.79. The summed E-state index contributed by atoms with van der Waals surface area (Å²) in [6.45, 7) is 7.75. The van der Waals surface area contributed by atoms with Crippen LogP contribution in [0.5, 0.6) is 0 Å². The fourth-order valence-corrected chi connectivity index (χ4v) is 2.48. The van der Waals surface area contributed by atoms with Crippen LogP contribution in [0, 0.1) is 11.3 Å². The number of nitrogens with zero attached hydrogens (tertiary/aromatic N) is 2. The summed E-state index contributed by atoms with van der Waals surface area (Å²) < 4.78 is 0. The van der Waals surface area contributed by atoms with E-state index in [1.807, 2.05) is 18.2 Å². The standard InChI is InChI=1S/C16H21N3/c1-3-8-19(4-2)9-7-14-12-18-16-6-5-13(11-17)10-15(14)16/h5-6,10,12,18H,3-4,7-9H2,1-2H3. The van der Waals surface area contributed by atoms with Gasteiger partial charge >= 0.3 is 0 Å². The number of aromatic nitrogens is 1. The van der Waals surface area contributed by atoms with Crippen molar-refractivity contribution < 1.29 is 0 Å². The van der Waals surface area contributed by atoms with E-state index in [9.17, 15) is 0 Å². The zero-order chi connectivity index (χ0) is 13.7. The first kappa shape index (κ1) is 13.6. The van der Waals surface area contributed by atoms with Crippen LogP contribution in [-0.2, 0) is 6.42 Å². The molecule has 0 saturated heterocycles. The molecule has 0 amide bonds. The average molecular weight is 255 g/mol. The summed E-state index contributed by atoms with van der Waals surface area (Å²) in [6.07, 6.45) is 4.30. The van der Waals surface area contributed by atoms with Gasteiger partial charge in [0.15, 0.2) is 0 Å². The van der Waals surface area contributed by atoms with Gasteiger partial charge in [-0.05, 0) is 49.7 Å². The molecule has 2 rings (SSSR count). The molecule has 1 aromatic heterocycles. The highest BCUT2D eigenvalue weighted by Crippen LogP contribution is 2.20. The van der Waals surface area contributed by atoms with Gasteiger partial charge < -0.3 is 9.88 Å². The smallest absolute Gasteiger partial charge is 0.0991 e. The first-order chi connectivity index (χ1) is 9.28. The van der Waals surface area contributed by atoms with Gasteiger partial charge in [0.05, 0.1) is 11.6 Å². The summed E-state index contributed by atoms with van der Waals surface area (Å²) in [5.74, 6) is 0. The highest BCUT2D eigenvalue weighted by molar-refractivity contribution is 5.84. The zero-order valence-electron chi connectivity index (χ0n) is 11.7. The predicted octanol–water partition coefficient (Wildman–Crippen LogP) is 3.31. The summed E-state index contributed by atoms with van der Waals surface area (Å²) in [5, 5.41) is 10.2. The Kier molecular flexibility index (Phi) is 4.59. The van der Waals surface area contributed by atoms with Crippen molar-refractivity contribution in [1.29, 1.82) is 5.26 Å². The molecule has 3 heteroatoms. The van der Waals surface area contributed by atoms with Gasteiger partial charge in [-0.1, -0.05) is 13.8 Å². The van der Waals surface area contributed by atoms with Crippen LogP contribution in [0.4, 0.5) is 0 Å². The maximum Gasteiger partial charge on any atom is 0.0991 e. The van der Waals surface area contributed by atoms with Crippen molar-refractivity contribution in [3.05, 3.63) is 35.5 Å². The minimum Gasteiger partial charge on any atom is -0.361 e. The topological polar surface area (TPSA) is 42.8 Å². The third kappa shape index (κ3) is 3.15. The molecule has 100 valence electrons. The molecule has 0 spiro atoms. The van der Waals surface area contributed by atoms with Gasteiger partial charge in [-0.3, -0.25) is 0 Å². The molecule has 0 atom stereocenters. The summed E-state index contributed by atoms with van der Waals surface area (Å²) in [6, 6.07) is 8.04. The fourth-order valence-electron chi connectivity index (χ4n) is 2.48. The molecular weight excluding hydrogens is 234 g/mol. The van der Waals surface area contributed by atoms with Crippen LogP contribution in [0.1, 0.15) is 31.4 Å². The van der Waals surface area contributed by atoms with Gasteiger partial charge in [0.2, 0.25) is 0 Å². The van der Waals surface area contributed by atoms with Gasteiger partial charge in [0.1, 0.15) is 0 Å². The van der Waals surface area contributed by atoms with Crippen LogP contribution in [-0.4, -0.2) is 29.5 Å². The van der Waals surface area contributed by atoms with Gasteiger partial charge in [0.25, 0.3) is 0 Å². The molecule has 0 fully saturated rings. The first-order valence-electron chi connectivity index (χ1n) is 7.01. The molecule has 0 aliphatic rings. The summed E-state index contributed by atoms with van der Waals surface area (Å²) in [5.41, 5.74) is 3.16. The van der Waals surface area contributed by atoms with E-state index in [4.69, 9.17) is 5.26 Å². The number of likely N-dealkylation sites (N-methyl/N-ethyl adjacent to an activating group) is 1. The van der Waals surface area contributed by atoms with Gasteiger partial charge in [-0.2, -0.15) is 5.26 Å². The van der Waals surface area contributed by atoms with Gasteiger partial charge in [-0.25, -0.2) is 0 Å². The Morgan fingerprint density at radius 1 is 1.26 bits per heavy atom. The lowest BCUT2D eigenvalue weighted by molar-refractivity contribution is 0.293. The lowest BCUT2D eigenvalue weighted by atomic mass is 10.1. The Balaban J connectivity index is 2.14. The third-order valence-electron chi connectivity index (χ3n) is 3.58. The monoisotopic (exact) mass is 255 g/mol. The molecule has 1 heterocycles. The molecule has 0 aliphatic heterocycles. The molecule has 2 aromatic rings. The fraction of sp³-hybridized carbons (Fsp3) is 0.438. The second-order valence-electron chi connectivity index (χ2n) is 4.87. The van der Waals surface area contributed by atoms with Crippen molar-refractivity contribution in [2.45, 2.75) is 26.7 Å². The Morgan fingerprint density at radius 3 is 2.79 bits per heavy atom. The Bertz CT molecular complexity index is 577. The molecule has 0 bridgehead atoms. The van der Waals surface area contributed by atoms with Crippen LogP contribution in [0.2, 0.25) is 0 Å². The molecule has 1 N–H and O–H groups in total. The van der Waals surface area contributed by atoms with E-state index in [0.717, 1.165) is 37.1 Å².